The standard InChI is InChI=1S/C21H17F2N3O2S/c1-28-10-17-25-20(24-9-12-7-15(22)19(27)16(23)8-12)18-14(11-29-21(18)26-17)13-5-3-2-4-6-13/h2-8,11,27H,9-10H2,1H3,(H,24,25,26). The van der Waals surface area contributed by atoms with Gasteiger partial charge in [-0.1, -0.05) is 30.3 Å². The number of hydrogen-bond donors (Lipinski definition) is 2. The number of halogens is 2. The van der Waals surface area contributed by atoms with E-state index in [1.54, 1.807) is 7.11 Å². The molecule has 0 unspecified atom stereocenters. The number of benzene rings is 2. The minimum atomic E-state index is -1.00. The summed E-state index contributed by atoms with van der Waals surface area (Å²) < 4.78 is 32.5. The van der Waals surface area contributed by atoms with E-state index in [9.17, 15) is 13.9 Å². The Morgan fingerprint density at radius 3 is 2.52 bits per heavy atom. The third-order valence-corrected chi connectivity index (χ3v) is 5.25. The molecule has 2 heterocycles. The third-order valence-electron chi connectivity index (χ3n) is 4.37. The molecule has 0 amide bonds. The van der Waals surface area contributed by atoms with Crippen LogP contribution in [0, 0.1) is 11.6 Å². The van der Waals surface area contributed by atoms with Crippen LogP contribution in [-0.2, 0) is 17.9 Å². The quantitative estimate of drug-likeness (QED) is 0.460. The Hall–Kier alpha value is -3.10. The Labute approximate surface area is 169 Å². The summed E-state index contributed by atoms with van der Waals surface area (Å²) in [6.07, 6.45) is 0. The molecule has 4 rings (SSSR count). The predicted octanol–water partition coefficient (Wildman–Crippen LogP) is 5.10. The number of phenols is 1. The van der Waals surface area contributed by atoms with E-state index in [4.69, 9.17) is 4.74 Å². The summed E-state index contributed by atoms with van der Waals surface area (Å²) in [5, 5.41) is 15.3. The van der Waals surface area contributed by atoms with E-state index in [1.807, 2.05) is 35.7 Å². The van der Waals surface area contributed by atoms with Gasteiger partial charge in [0.25, 0.3) is 0 Å². The van der Waals surface area contributed by atoms with Crippen LogP contribution in [0.3, 0.4) is 0 Å². The van der Waals surface area contributed by atoms with Crippen molar-refractivity contribution >= 4 is 27.4 Å². The van der Waals surface area contributed by atoms with E-state index in [2.05, 4.69) is 15.3 Å². The highest BCUT2D eigenvalue weighted by atomic mass is 32.1. The lowest BCUT2D eigenvalue weighted by Crippen LogP contribution is -2.06. The summed E-state index contributed by atoms with van der Waals surface area (Å²) in [5.41, 5.74) is 2.33. The van der Waals surface area contributed by atoms with Gasteiger partial charge in [-0.2, -0.15) is 0 Å². The van der Waals surface area contributed by atoms with Crippen LogP contribution in [0.5, 0.6) is 5.75 Å². The Bertz CT molecular complexity index is 1140. The first-order valence-electron chi connectivity index (χ1n) is 8.80. The predicted molar refractivity (Wildman–Crippen MR) is 109 cm³/mol. The molecule has 0 fully saturated rings. The van der Waals surface area contributed by atoms with E-state index in [1.165, 1.54) is 11.3 Å². The van der Waals surface area contributed by atoms with Crippen LogP contribution in [0.1, 0.15) is 11.4 Å². The number of fused-ring (bicyclic) bond motifs is 1. The van der Waals surface area contributed by atoms with Gasteiger partial charge in [-0.25, -0.2) is 18.7 Å². The normalized spacial score (nSPS) is 11.1. The molecule has 29 heavy (non-hydrogen) atoms. The van der Waals surface area contributed by atoms with E-state index < -0.39 is 17.4 Å². The van der Waals surface area contributed by atoms with Gasteiger partial charge >= 0.3 is 0 Å². The molecule has 2 aromatic heterocycles. The van der Waals surface area contributed by atoms with Crippen LogP contribution < -0.4 is 5.32 Å². The lowest BCUT2D eigenvalue weighted by molar-refractivity contribution is 0.178. The third kappa shape index (κ3) is 3.90. The van der Waals surface area contributed by atoms with Crippen molar-refractivity contribution in [1.29, 1.82) is 0 Å². The lowest BCUT2D eigenvalue weighted by Gasteiger charge is -2.11. The van der Waals surface area contributed by atoms with Crippen molar-refractivity contribution in [2.45, 2.75) is 13.2 Å². The topological polar surface area (TPSA) is 67.3 Å². The number of anilines is 1. The number of ether oxygens (including phenoxy) is 1. The Balaban J connectivity index is 1.76. The van der Waals surface area contributed by atoms with Crippen LogP contribution in [0.2, 0.25) is 0 Å². The highest BCUT2D eigenvalue weighted by Crippen LogP contribution is 2.37. The van der Waals surface area contributed by atoms with Gasteiger partial charge in [0.05, 0.1) is 5.39 Å². The fourth-order valence-electron chi connectivity index (χ4n) is 3.04. The van der Waals surface area contributed by atoms with Gasteiger partial charge in [-0.05, 0) is 23.3 Å². The maximum Gasteiger partial charge on any atom is 0.187 e. The molecule has 0 bridgehead atoms. The second kappa shape index (κ2) is 8.10. The molecular formula is C21H17F2N3O2S. The molecule has 2 aromatic carbocycles. The second-order valence-corrected chi connectivity index (χ2v) is 7.24. The van der Waals surface area contributed by atoms with E-state index in [0.29, 0.717) is 17.2 Å². The van der Waals surface area contributed by atoms with Gasteiger partial charge < -0.3 is 15.2 Å². The van der Waals surface area contributed by atoms with Crippen LogP contribution in [0.25, 0.3) is 21.3 Å². The van der Waals surface area contributed by atoms with Crippen molar-refractivity contribution in [2.24, 2.45) is 0 Å². The number of methoxy groups -OCH3 is 1. The molecule has 5 nitrogen and oxygen atoms in total. The van der Waals surface area contributed by atoms with Crippen LogP contribution in [-0.4, -0.2) is 22.2 Å². The molecule has 0 spiro atoms. The molecule has 2 N–H and O–H groups in total. The van der Waals surface area contributed by atoms with E-state index in [-0.39, 0.29) is 13.2 Å². The number of hydrogen-bond acceptors (Lipinski definition) is 6. The molecule has 4 aromatic rings. The largest absolute Gasteiger partial charge is 0.503 e. The highest BCUT2D eigenvalue weighted by molar-refractivity contribution is 7.17. The van der Waals surface area contributed by atoms with Crippen LogP contribution in [0.4, 0.5) is 14.6 Å². The van der Waals surface area contributed by atoms with Crippen LogP contribution in [0.15, 0.2) is 47.8 Å². The number of nitrogens with one attached hydrogen (secondary N) is 1. The zero-order valence-corrected chi connectivity index (χ0v) is 16.3. The zero-order valence-electron chi connectivity index (χ0n) is 15.4. The van der Waals surface area contributed by atoms with E-state index in [0.717, 1.165) is 33.5 Å². The van der Waals surface area contributed by atoms with E-state index >= 15 is 0 Å². The van der Waals surface area contributed by atoms with Crippen molar-refractivity contribution in [3.05, 3.63) is 70.9 Å². The fraction of sp³-hybridized carbons (Fsp3) is 0.143. The molecule has 0 atom stereocenters. The number of aromatic hydroxyl groups is 1. The first-order valence-corrected chi connectivity index (χ1v) is 9.68. The number of rotatable bonds is 6. The Morgan fingerprint density at radius 1 is 1.10 bits per heavy atom. The van der Waals surface area contributed by atoms with Crippen molar-refractivity contribution in [2.75, 3.05) is 12.4 Å². The van der Waals surface area contributed by atoms with Crippen molar-refractivity contribution in [3.8, 4) is 16.9 Å². The number of nitrogens with zero attached hydrogens (tertiary/aromatic N) is 2. The van der Waals surface area contributed by atoms with Crippen molar-refractivity contribution < 1.29 is 18.6 Å². The summed E-state index contributed by atoms with van der Waals surface area (Å²) in [6.45, 7) is 0.363. The molecule has 0 saturated heterocycles. The summed E-state index contributed by atoms with van der Waals surface area (Å²) >= 11 is 1.49. The lowest BCUT2D eigenvalue weighted by atomic mass is 10.1. The molecule has 0 aliphatic carbocycles. The van der Waals surface area contributed by atoms with Gasteiger partial charge in [0.15, 0.2) is 23.2 Å². The maximum atomic E-state index is 13.7. The average Bonchev–Trinajstić information content (AvgIpc) is 3.15. The second-order valence-electron chi connectivity index (χ2n) is 6.38. The van der Waals surface area contributed by atoms with Crippen molar-refractivity contribution in [3.63, 3.8) is 0 Å². The maximum absolute atomic E-state index is 13.7. The smallest absolute Gasteiger partial charge is 0.187 e. The summed E-state index contributed by atoms with van der Waals surface area (Å²) in [7, 11) is 1.56. The number of phenolic OH excluding ortho intramolecular Hbond substituents is 1. The summed E-state index contributed by atoms with van der Waals surface area (Å²) in [6, 6.07) is 12.0. The Morgan fingerprint density at radius 2 is 1.83 bits per heavy atom. The Kier molecular flexibility index (Phi) is 5.37. The minimum Gasteiger partial charge on any atom is -0.503 e. The van der Waals surface area contributed by atoms with Gasteiger partial charge in [0, 0.05) is 24.6 Å². The highest BCUT2D eigenvalue weighted by Gasteiger charge is 2.16. The molecule has 0 aliphatic heterocycles. The molecular weight excluding hydrogens is 396 g/mol. The summed E-state index contributed by atoms with van der Waals surface area (Å²) in [5.74, 6) is -1.93. The molecule has 0 radical (unpaired) electrons. The first-order chi connectivity index (χ1) is 14.1. The summed E-state index contributed by atoms with van der Waals surface area (Å²) in [4.78, 5) is 9.89. The number of thiophene rings is 1. The van der Waals surface area contributed by atoms with Crippen molar-refractivity contribution in [1.82, 2.24) is 9.97 Å². The molecule has 0 saturated carbocycles. The van der Waals surface area contributed by atoms with Gasteiger partial charge in [0.1, 0.15) is 17.3 Å². The SMILES string of the molecule is COCc1nc(NCc2cc(F)c(O)c(F)c2)c2c(-c3ccccc3)csc2n1. The average molecular weight is 413 g/mol. The molecule has 0 aliphatic rings. The van der Waals surface area contributed by atoms with Crippen LogP contribution >= 0.6 is 11.3 Å². The minimum absolute atomic E-state index is 0.122. The molecule has 148 valence electrons. The molecule has 8 heteroatoms. The monoisotopic (exact) mass is 413 g/mol. The van der Waals surface area contributed by atoms with Gasteiger partial charge in [-0.15, -0.1) is 11.3 Å². The fourth-order valence-corrected chi connectivity index (χ4v) is 4.01. The number of aromatic nitrogens is 2. The van der Waals surface area contributed by atoms with Gasteiger partial charge in [-0.3, -0.25) is 0 Å². The first kappa shape index (κ1) is 19.2. The zero-order chi connectivity index (χ0) is 20.4. The van der Waals surface area contributed by atoms with Gasteiger partial charge in [0.2, 0.25) is 0 Å².